The molecule has 0 aliphatic carbocycles. The van der Waals surface area contributed by atoms with Crippen LogP contribution in [0.4, 0.5) is 0 Å². The summed E-state index contributed by atoms with van der Waals surface area (Å²) < 4.78 is 0. The molecule has 1 amide bonds. The van der Waals surface area contributed by atoms with E-state index in [9.17, 15) is 9.59 Å². The zero-order valence-corrected chi connectivity index (χ0v) is 17.6. The van der Waals surface area contributed by atoms with Gasteiger partial charge in [0.2, 0.25) is 5.91 Å². The fourth-order valence-electron chi connectivity index (χ4n) is 4.53. The second-order valence-electron chi connectivity index (χ2n) is 8.67. The lowest BCUT2D eigenvalue weighted by atomic mass is 9.78. The molecule has 1 aliphatic heterocycles. The van der Waals surface area contributed by atoms with Crippen molar-refractivity contribution in [1.29, 1.82) is 0 Å². The van der Waals surface area contributed by atoms with Crippen LogP contribution in [0.2, 0.25) is 0 Å². The van der Waals surface area contributed by atoms with E-state index in [1.807, 2.05) is 11.9 Å². The number of carbonyl (C=O) groups is 2. The van der Waals surface area contributed by atoms with Crippen LogP contribution in [0.3, 0.4) is 0 Å². The van der Waals surface area contributed by atoms with Crippen molar-refractivity contribution in [2.24, 2.45) is 5.92 Å². The van der Waals surface area contributed by atoms with Gasteiger partial charge in [-0.2, -0.15) is 0 Å². The van der Waals surface area contributed by atoms with E-state index >= 15 is 0 Å². The van der Waals surface area contributed by atoms with Crippen LogP contribution in [-0.2, 0) is 15.0 Å². The number of nitrogens with zero attached hydrogens (tertiary/aromatic N) is 1. The predicted octanol–water partition coefficient (Wildman–Crippen LogP) is 3.86. The molecule has 150 valence electrons. The molecule has 4 nitrogen and oxygen atoms in total. The van der Waals surface area contributed by atoms with E-state index in [-0.39, 0.29) is 23.3 Å². The third-order valence-corrected chi connectivity index (χ3v) is 6.25. The van der Waals surface area contributed by atoms with Gasteiger partial charge in [-0.25, -0.2) is 0 Å². The molecule has 1 N–H and O–H groups in total. The smallest absolute Gasteiger partial charge is 0.223 e. The molecular weight excluding hydrogens is 336 g/mol. The van der Waals surface area contributed by atoms with Crippen LogP contribution in [0.1, 0.15) is 64.0 Å². The summed E-state index contributed by atoms with van der Waals surface area (Å²) in [7, 11) is 1.95. The molecule has 0 aromatic heterocycles. The standard InChI is InChI=1S/C23H36N2O2/c1-17-9-6-7-12-21(17)23(4)14-19(3)25(16-23)22(27)13-20(15-26)11-8-10-18(2)24-5/h6-7,9,12,15,18-20,24H,8,10-11,13-14,16H2,1-5H3. The van der Waals surface area contributed by atoms with Crippen LogP contribution in [0.15, 0.2) is 24.3 Å². The van der Waals surface area contributed by atoms with Crippen LogP contribution in [0.25, 0.3) is 0 Å². The fourth-order valence-corrected chi connectivity index (χ4v) is 4.53. The highest BCUT2D eigenvalue weighted by Gasteiger charge is 2.42. The molecule has 27 heavy (non-hydrogen) atoms. The summed E-state index contributed by atoms with van der Waals surface area (Å²) in [4.78, 5) is 26.4. The van der Waals surface area contributed by atoms with Gasteiger partial charge in [0.1, 0.15) is 6.29 Å². The maximum absolute atomic E-state index is 12.9. The molecule has 1 aromatic rings. The summed E-state index contributed by atoms with van der Waals surface area (Å²) in [6.45, 7) is 9.41. The minimum absolute atomic E-state index is 0.0146. The first kappa shape index (κ1) is 21.6. The second kappa shape index (κ2) is 9.50. The molecule has 1 heterocycles. The number of aryl methyl sites for hydroxylation is 1. The van der Waals surface area contributed by atoms with Crippen molar-refractivity contribution in [3.8, 4) is 0 Å². The molecule has 4 atom stereocenters. The molecule has 1 aliphatic rings. The van der Waals surface area contributed by atoms with Crippen LogP contribution in [0, 0.1) is 12.8 Å². The van der Waals surface area contributed by atoms with E-state index in [4.69, 9.17) is 0 Å². The average molecular weight is 373 g/mol. The first-order valence-electron chi connectivity index (χ1n) is 10.3. The minimum atomic E-state index is -0.168. The Morgan fingerprint density at radius 1 is 1.37 bits per heavy atom. The summed E-state index contributed by atoms with van der Waals surface area (Å²) >= 11 is 0. The van der Waals surface area contributed by atoms with Crippen molar-refractivity contribution >= 4 is 12.2 Å². The maximum atomic E-state index is 12.9. The molecular formula is C23H36N2O2. The zero-order valence-electron chi connectivity index (χ0n) is 17.6. The van der Waals surface area contributed by atoms with Gasteiger partial charge in [-0.15, -0.1) is 0 Å². The van der Waals surface area contributed by atoms with Gasteiger partial charge in [-0.1, -0.05) is 37.6 Å². The van der Waals surface area contributed by atoms with Crippen LogP contribution < -0.4 is 5.32 Å². The van der Waals surface area contributed by atoms with Gasteiger partial charge >= 0.3 is 0 Å². The molecule has 0 spiro atoms. The third-order valence-electron chi connectivity index (χ3n) is 6.25. The van der Waals surface area contributed by atoms with Gasteiger partial charge in [-0.3, -0.25) is 4.79 Å². The second-order valence-corrected chi connectivity index (χ2v) is 8.67. The number of carbonyl (C=O) groups excluding carboxylic acids is 2. The zero-order chi connectivity index (χ0) is 20.0. The Kier molecular flexibility index (Phi) is 7.60. The number of amides is 1. The topological polar surface area (TPSA) is 49.4 Å². The van der Waals surface area contributed by atoms with Crippen molar-refractivity contribution in [2.45, 2.75) is 77.3 Å². The highest BCUT2D eigenvalue weighted by Crippen LogP contribution is 2.39. The number of likely N-dealkylation sites (tertiary alicyclic amines) is 1. The molecule has 1 saturated heterocycles. The Morgan fingerprint density at radius 2 is 2.07 bits per heavy atom. The summed E-state index contributed by atoms with van der Waals surface area (Å²) in [5.41, 5.74) is 2.60. The van der Waals surface area contributed by atoms with Gasteiger partial charge in [0.15, 0.2) is 0 Å². The van der Waals surface area contributed by atoms with Gasteiger partial charge in [0.25, 0.3) is 0 Å². The number of nitrogens with one attached hydrogen (secondary N) is 1. The molecule has 2 rings (SSSR count). The van der Waals surface area contributed by atoms with E-state index in [1.54, 1.807) is 0 Å². The lowest BCUT2D eigenvalue weighted by molar-refractivity contribution is -0.134. The summed E-state index contributed by atoms with van der Waals surface area (Å²) in [6, 6.07) is 9.13. The van der Waals surface area contributed by atoms with Crippen LogP contribution in [-0.4, -0.2) is 42.8 Å². The van der Waals surface area contributed by atoms with E-state index in [0.29, 0.717) is 12.5 Å². The lowest BCUT2D eigenvalue weighted by Gasteiger charge is -2.27. The molecule has 0 radical (unpaired) electrons. The number of aldehydes is 1. The number of rotatable bonds is 9. The molecule has 4 heteroatoms. The number of hydrogen-bond acceptors (Lipinski definition) is 3. The first-order valence-corrected chi connectivity index (χ1v) is 10.3. The largest absolute Gasteiger partial charge is 0.339 e. The highest BCUT2D eigenvalue weighted by atomic mass is 16.2. The predicted molar refractivity (Wildman–Crippen MR) is 111 cm³/mol. The highest BCUT2D eigenvalue weighted by molar-refractivity contribution is 5.80. The monoisotopic (exact) mass is 372 g/mol. The average Bonchev–Trinajstić information content (AvgIpc) is 2.96. The SMILES string of the molecule is CNC(C)CCCC(C=O)CC(=O)N1CC(C)(c2ccccc2C)CC1C. The van der Waals surface area contributed by atoms with E-state index in [1.165, 1.54) is 11.1 Å². The van der Waals surface area contributed by atoms with Gasteiger partial charge < -0.3 is 15.0 Å². The van der Waals surface area contributed by atoms with E-state index < -0.39 is 0 Å². The normalized spacial score (nSPS) is 24.6. The van der Waals surface area contributed by atoms with Gasteiger partial charge in [-0.05, 0) is 58.2 Å². The molecule has 0 saturated carbocycles. The Hall–Kier alpha value is -1.68. The number of hydrogen-bond donors (Lipinski definition) is 1. The van der Waals surface area contributed by atoms with E-state index in [2.05, 4.69) is 57.3 Å². The Labute approximate surface area is 164 Å². The van der Waals surface area contributed by atoms with Crippen molar-refractivity contribution in [3.05, 3.63) is 35.4 Å². The first-order chi connectivity index (χ1) is 12.8. The quantitative estimate of drug-likeness (QED) is 0.670. The van der Waals surface area contributed by atoms with Crippen molar-refractivity contribution in [1.82, 2.24) is 10.2 Å². The summed E-state index contributed by atoms with van der Waals surface area (Å²) in [6.07, 6.45) is 5.07. The van der Waals surface area contributed by atoms with Crippen LogP contribution >= 0.6 is 0 Å². The van der Waals surface area contributed by atoms with Crippen molar-refractivity contribution in [2.75, 3.05) is 13.6 Å². The summed E-state index contributed by atoms with van der Waals surface area (Å²) in [5.74, 6) is -0.0438. The molecule has 0 bridgehead atoms. The summed E-state index contributed by atoms with van der Waals surface area (Å²) in [5, 5.41) is 3.21. The van der Waals surface area contributed by atoms with Gasteiger partial charge in [0.05, 0.1) is 0 Å². The van der Waals surface area contributed by atoms with Crippen LogP contribution in [0.5, 0.6) is 0 Å². The third kappa shape index (κ3) is 5.41. The molecule has 4 unspecified atom stereocenters. The number of benzene rings is 1. The Morgan fingerprint density at radius 3 is 2.70 bits per heavy atom. The minimum Gasteiger partial charge on any atom is -0.339 e. The lowest BCUT2D eigenvalue weighted by Crippen LogP contribution is -2.37. The Balaban J connectivity index is 1.98. The molecule has 1 aromatic carbocycles. The van der Waals surface area contributed by atoms with E-state index in [0.717, 1.165) is 38.5 Å². The van der Waals surface area contributed by atoms with Crippen molar-refractivity contribution < 1.29 is 9.59 Å². The Bertz CT molecular complexity index is 645. The van der Waals surface area contributed by atoms with Crippen molar-refractivity contribution in [3.63, 3.8) is 0 Å². The molecule has 1 fully saturated rings. The van der Waals surface area contributed by atoms with Gasteiger partial charge in [0, 0.05) is 36.4 Å². The maximum Gasteiger partial charge on any atom is 0.223 e. The fraction of sp³-hybridized carbons (Fsp3) is 0.652.